The number of hydrogen-bond acceptors (Lipinski definition) is 5. The van der Waals surface area contributed by atoms with E-state index in [1.54, 1.807) is 0 Å². The lowest BCUT2D eigenvalue weighted by Gasteiger charge is -2.12. The Morgan fingerprint density at radius 2 is 2.60 bits per heavy atom. The van der Waals surface area contributed by atoms with Crippen LogP contribution in [0.1, 0.15) is 6.23 Å². The second-order valence-electron chi connectivity index (χ2n) is 3.00. The Bertz CT molecular complexity index is 411. The van der Waals surface area contributed by atoms with Gasteiger partial charge in [-0.2, -0.15) is 4.98 Å². The molecule has 0 aromatic carbocycles. The van der Waals surface area contributed by atoms with Gasteiger partial charge in [-0.15, -0.1) is 11.8 Å². The second-order valence-corrected chi connectivity index (χ2v) is 4.19. The smallest absolute Gasteiger partial charge is 0.349 e. The maximum atomic E-state index is 12.8. The zero-order chi connectivity index (χ0) is 10.8. The first-order valence-corrected chi connectivity index (χ1v) is 5.37. The van der Waals surface area contributed by atoms with Crippen molar-refractivity contribution in [2.45, 2.75) is 11.7 Å². The Morgan fingerprint density at radius 1 is 1.80 bits per heavy atom. The molecule has 7 heteroatoms. The Kier molecular flexibility index (Phi) is 3.03. The van der Waals surface area contributed by atoms with Crippen LogP contribution in [0.4, 0.5) is 4.39 Å². The molecule has 2 unspecified atom stereocenters. The molecule has 15 heavy (non-hydrogen) atoms. The quantitative estimate of drug-likeness (QED) is 0.775. The van der Waals surface area contributed by atoms with Crippen LogP contribution in [0.15, 0.2) is 17.2 Å². The van der Waals surface area contributed by atoms with Gasteiger partial charge in [0.05, 0.1) is 12.8 Å². The highest BCUT2D eigenvalue weighted by atomic mass is 32.2. The number of thioether (sulfide) groups is 1. The number of halogens is 1. The summed E-state index contributed by atoms with van der Waals surface area (Å²) in [4.78, 5) is 14.6. The summed E-state index contributed by atoms with van der Waals surface area (Å²) in [6, 6.07) is 0. The first-order valence-electron chi connectivity index (χ1n) is 4.32. The molecule has 1 aromatic rings. The highest BCUT2D eigenvalue weighted by Gasteiger charge is 2.27. The van der Waals surface area contributed by atoms with Crippen LogP contribution >= 0.6 is 11.8 Å². The number of nitrogens with zero attached hydrogens (tertiary/aromatic N) is 2. The van der Waals surface area contributed by atoms with Crippen molar-refractivity contribution in [3.05, 3.63) is 28.7 Å². The van der Waals surface area contributed by atoms with Gasteiger partial charge in [0.25, 0.3) is 0 Å². The van der Waals surface area contributed by atoms with Crippen molar-refractivity contribution in [3.63, 3.8) is 0 Å². The lowest BCUT2D eigenvalue weighted by molar-refractivity contribution is -0.00684. The molecule has 1 aromatic heterocycles. The third kappa shape index (κ3) is 2.19. The number of ether oxygens (including phenoxy) is 1. The lowest BCUT2D eigenvalue weighted by atomic mass is 10.5. The Labute approximate surface area is 88.9 Å². The van der Waals surface area contributed by atoms with E-state index in [2.05, 4.69) is 4.98 Å². The number of rotatable bonds is 2. The highest BCUT2D eigenvalue weighted by molar-refractivity contribution is 8.00. The molecule has 5 nitrogen and oxygen atoms in total. The SMILES string of the molecule is O=c1ncc(F)cn1C1CSC(CO)O1. The van der Waals surface area contributed by atoms with Gasteiger partial charge in [0.2, 0.25) is 0 Å². The standard InChI is InChI=1S/C8H9FN2O3S/c9-5-1-10-8(13)11(2-5)6-4-15-7(3-12)14-6/h1-2,6-7,12H,3-4H2. The average molecular weight is 232 g/mol. The fourth-order valence-corrected chi connectivity index (χ4v) is 2.23. The summed E-state index contributed by atoms with van der Waals surface area (Å²) in [5, 5.41) is 8.83. The van der Waals surface area contributed by atoms with Gasteiger partial charge in [-0.1, -0.05) is 0 Å². The zero-order valence-corrected chi connectivity index (χ0v) is 8.48. The lowest BCUT2D eigenvalue weighted by Crippen LogP contribution is -2.28. The monoisotopic (exact) mass is 232 g/mol. The predicted octanol–water partition coefficient (Wildman–Crippen LogP) is -0.0372. The normalized spacial score (nSPS) is 25.7. The van der Waals surface area contributed by atoms with Crippen LogP contribution in [-0.2, 0) is 4.74 Å². The fourth-order valence-electron chi connectivity index (χ4n) is 1.30. The number of aliphatic hydroxyl groups excluding tert-OH is 1. The van der Waals surface area contributed by atoms with Crippen LogP contribution in [0, 0.1) is 5.82 Å². The third-order valence-corrected chi connectivity index (χ3v) is 3.08. The van der Waals surface area contributed by atoms with Crippen LogP contribution in [0.5, 0.6) is 0 Å². The van der Waals surface area contributed by atoms with Crippen molar-refractivity contribution < 1.29 is 14.2 Å². The molecule has 2 heterocycles. The van der Waals surface area contributed by atoms with E-state index in [1.165, 1.54) is 11.8 Å². The van der Waals surface area contributed by atoms with Gasteiger partial charge in [-0.3, -0.25) is 4.57 Å². The van der Waals surface area contributed by atoms with Crippen molar-refractivity contribution in [2.24, 2.45) is 0 Å². The molecule has 1 aliphatic heterocycles. The van der Waals surface area contributed by atoms with E-state index in [0.29, 0.717) is 5.75 Å². The van der Waals surface area contributed by atoms with E-state index in [4.69, 9.17) is 9.84 Å². The highest BCUT2D eigenvalue weighted by Crippen LogP contribution is 2.30. The number of hydrogen-bond donors (Lipinski definition) is 1. The first kappa shape index (κ1) is 10.6. The fraction of sp³-hybridized carbons (Fsp3) is 0.500. The summed E-state index contributed by atoms with van der Waals surface area (Å²) in [7, 11) is 0. The topological polar surface area (TPSA) is 64.4 Å². The van der Waals surface area contributed by atoms with E-state index in [-0.39, 0.29) is 12.0 Å². The minimum atomic E-state index is -0.587. The van der Waals surface area contributed by atoms with E-state index < -0.39 is 17.7 Å². The van der Waals surface area contributed by atoms with Crippen molar-refractivity contribution in [1.82, 2.24) is 9.55 Å². The van der Waals surface area contributed by atoms with E-state index in [0.717, 1.165) is 17.0 Å². The van der Waals surface area contributed by atoms with Crippen LogP contribution in [0.25, 0.3) is 0 Å². The van der Waals surface area contributed by atoms with Gasteiger partial charge in [0.1, 0.15) is 11.7 Å². The van der Waals surface area contributed by atoms with Crippen LogP contribution < -0.4 is 5.69 Å². The summed E-state index contributed by atoms with van der Waals surface area (Å²) in [5.41, 5.74) is -0.911. The molecule has 82 valence electrons. The van der Waals surface area contributed by atoms with Gasteiger partial charge >= 0.3 is 5.69 Å². The Hall–Kier alpha value is -0.920. The maximum Gasteiger partial charge on any atom is 0.349 e. The minimum Gasteiger partial charge on any atom is -0.393 e. The number of aliphatic hydroxyl groups is 1. The third-order valence-electron chi connectivity index (χ3n) is 1.97. The summed E-state index contributed by atoms with van der Waals surface area (Å²) < 4.78 is 19.2. The molecule has 0 amide bonds. The van der Waals surface area contributed by atoms with Crippen LogP contribution in [0.3, 0.4) is 0 Å². The molecule has 1 aliphatic rings. The van der Waals surface area contributed by atoms with Crippen LogP contribution in [0.2, 0.25) is 0 Å². The molecule has 0 bridgehead atoms. The van der Waals surface area contributed by atoms with Crippen molar-refractivity contribution in [3.8, 4) is 0 Å². The van der Waals surface area contributed by atoms with Crippen molar-refractivity contribution in [2.75, 3.05) is 12.4 Å². The first-order chi connectivity index (χ1) is 7.20. The molecule has 0 radical (unpaired) electrons. The van der Waals surface area contributed by atoms with Gasteiger partial charge in [0, 0.05) is 11.9 Å². The summed E-state index contributed by atoms with van der Waals surface area (Å²) in [6.45, 7) is -0.126. The van der Waals surface area contributed by atoms with Crippen molar-refractivity contribution >= 4 is 11.8 Å². The summed E-state index contributed by atoms with van der Waals surface area (Å²) >= 11 is 1.38. The molecule has 1 N–H and O–H groups in total. The zero-order valence-electron chi connectivity index (χ0n) is 7.67. The van der Waals surface area contributed by atoms with E-state index >= 15 is 0 Å². The molecule has 1 fully saturated rings. The molecule has 1 saturated heterocycles. The molecule has 0 saturated carbocycles. The Balaban J connectivity index is 2.23. The summed E-state index contributed by atoms with van der Waals surface area (Å²) in [6.07, 6.45) is 1.37. The summed E-state index contributed by atoms with van der Waals surface area (Å²) in [5.74, 6) is -0.0911. The van der Waals surface area contributed by atoms with Crippen LogP contribution in [-0.4, -0.2) is 32.5 Å². The van der Waals surface area contributed by atoms with Gasteiger partial charge < -0.3 is 9.84 Å². The molecular weight excluding hydrogens is 223 g/mol. The number of aromatic nitrogens is 2. The largest absolute Gasteiger partial charge is 0.393 e. The van der Waals surface area contributed by atoms with Crippen molar-refractivity contribution in [1.29, 1.82) is 0 Å². The molecule has 2 rings (SSSR count). The van der Waals surface area contributed by atoms with E-state index in [9.17, 15) is 9.18 Å². The van der Waals surface area contributed by atoms with Gasteiger partial charge in [-0.05, 0) is 0 Å². The van der Waals surface area contributed by atoms with E-state index in [1.807, 2.05) is 0 Å². The maximum absolute atomic E-state index is 12.8. The molecular formula is C8H9FN2O3S. The average Bonchev–Trinajstić information content (AvgIpc) is 2.70. The molecule has 0 aliphatic carbocycles. The molecule has 0 spiro atoms. The van der Waals surface area contributed by atoms with Gasteiger partial charge in [0.15, 0.2) is 5.82 Å². The second kappa shape index (κ2) is 4.30. The minimum absolute atomic E-state index is 0.126. The van der Waals surface area contributed by atoms with Gasteiger partial charge in [-0.25, -0.2) is 9.18 Å². The molecule has 2 atom stereocenters. The Morgan fingerprint density at radius 3 is 3.27 bits per heavy atom. The predicted molar refractivity (Wildman–Crippen MR) is 51.9 cm³/mol.